The van der Waals surface area contributed by atoms with E-state index < -0.39 is 0 Å². The van der Waals surface area contributed by atoms with Gasteiger partial charge in [-0.3, -0.25) is 0 Å². The Hall–Kier alpha value is -0.340. The molecule has 0 aliphatic carbocycles. The molecular weight excluding hydrogens is 126 g/mol. The molecule has 1 aliphatic rings. The molecule has 2 nitrogen and oxygen atoms in total. The van der Waals surface area contributed by atoms with Crippen LogP contribution >= 0.6 is 0 Å². The molecule has 1 fully saturated rings. The van der Waals surface area contributed by atoms with Crippen LogP contribution in [0.3, 0.4) is 0 Å². The average Bonchev–Trinajstić information content (AvgIpc) is 2.03. The first-order valence-electron chi connectivity index (χ1n) is 3.93. The van der Waals surface area contributed by atoms with Gasteiger partial charge in [0.1, 0.15) is 0 Å². The van der Waals surface area contributed by atoms with Crippen molar-refractivity contribution in [3.05, 3.63) is 11.6 Å². The molecule has 0 aromatic carbocycles. The first-order valence-corrected chi connectivity index (χ1v) is 3.93. The number of rotatable bonds is 2. The number of aliphatic hydroxyl groups is 1. The summed E-state index contributed by atoms with van der Waals surface area (Å²) in [5.41, 5.74) is 1.51. The van der Waals surface area contributed by atoms with Gasteiger partial charge in [0.25, 0.3) is 0 Å². The van der Waals surface area contributed by atoms with Gasteiger partial charge in [0.2, 0.25) is 0 Å². The van der Waals surface area contributed by atoms with Crippen molar-refractivity contribution in [1.82, 2.24) is 5.32 Å². The summed E-state index contributed by atoms with van der Waals surface area (Å²) in [4.78, 5) is 0. The van der Waals surface area contributed by atoms with Crippen LogP contribution in [0, 0.1) is 0 Å². The Balaban J connectivity index is 2.23. The molecule has 1 heterocycles. The van der Waals surface area contributed by atoms with E-state index in [4.69, 9.17) is 5.11 Å². The van der Waals surface area contributed by atoms with Crippen LogP contribution in [0.1, 0.15) is 19.3 Å². The number of hydrogen-bond acceptors (Lipinski definition) is 2. The maximum absolute atomic E-state index is 8.54. The summed E-state index contributed by atoms with van der Waals surface area (Å²) >= 11 is 0. The van der Waals surface area contributed by atoms with Crippen molar-refractivity contribution in [2.45, 2.75) is 19.3 Å². The second kappa shape index (κ2) is 4.47. The normalized spacial score (nSPS) is 19.1. The van der Waals surface area contributed by atoms with Gasteiger partial charge >= 0.3 is 0 Å². The van der Waals surface area contributed by atoms with E-state index in [9.17, 15) is 0 Å². The second-order valence-corrected chi connectivity index (χ2v) is 2.62. The van der Waals surface area contributed by atoms with Crippen LogP contribution in [0.2, 0.25) is 0 Å². The molecule has 0 aromatic heterocycles. The predicted octanol–water partition coefficient (Wildman–Crippen LogP) is 0.679. The number of hydrogen-bond donors (Lipinski definition) is 2. The van der Waals surface area contributed by atoms with E-state index in [1.807, 2.05) is 0 Å². The monoisotopic (exact) mass is 141 g/mol. The van der Waals surface area contributed by atoms with Gasteiger partial charge in [-0.1, -0.05) is 11.6 Å². The average molecular weight is 141 g/mol. The molecule has 0 atom stereocenters. The lowest BCUT2D eigenvalue weighted by molar-refractivity contribution is 0.302. The first-order chi connectivity index (χ1) is 4.93. The molecule has 0 bridgehead atoms. The summed E-state index contributed by atoms with van der Waals surface area (Å²) in [5, 5.41) is 11.8. The molecule has 10 heavy (non-hydrogen) atoms. The second-order valence-electron chi connectivity index (χ2n) is 2.62. The van der Waals surface area contributed by atoms with Crippen molar-refractivity contribution in [2.75, 3.05) is 19.7 Å². The molecule has 0 spiro atoms. The Labute approximate surface area is 61.9 Å². The summed E-state index contributed by atoms with van der Waals surface area (Å²) in [5.74, 6) is 0. The van der Waals surface area contributed by atoms with Gasteiger partial charge in [-0.2, -0.15) is 0 Å². The van der Waals surface area contributed by atoms with E-state index in [1.54, 1.807) is 0 Å². The van der Waals surface area contributed by atoms with Crippen molar-refractivity contribution in [3.63, 3.8) is 0 Å². The maximum Gasteiger partial charge on any atom is 0.0465 e. The summed E-state index contributed by atoms with van der Waals surface area (Å²) in [7, 11) is 0. The van der Waals surface area contributed by atoms with Gasteiger partial charge in [0.05, 0.1) is 0 Å². The highest BCUT2D eigenvalue weighted by Gasteiger charge is 2.02. The van der Waals surface area contributed by atoms with E-state index in [0.717, 1.165) is 19.5 Å². The van der Waals surface area contributed by atoms with Crippen LogP contribution in [0.25, 0.3) is 0 Å². The minimum absolute atomic E-state index is 0.289. The summed E-state index contributed by atoms with van der Waals surface area (Å²) in [6.45, 7) is 2.51. The Morgan fingerprint density at radius 3 is 2.70 bits per heavy atom. The fourth-order valence-corrected chi connectivity index (χ4v) is 1.22. The molecule has 58 valence electrons. The molecule has 1 aliphatic heterocycles. The van der Waals surface area contributed by atoms with Crippen molar-refractivity contribution >= 4 is 0 Å². The Kier molecular flexibility index (Phi) is 3.47. The predicted molar refractivity (Wildman–Crippen MR) is 41.9 cm³/mol. The smallest absolute Gasteiger partial charge is 0.0465 e. The van der Waals surface area contributed by atoms with Crippen molar-refractivity contribution in [2.24, 2.45) is 0 Å². The van der Waals surface area contributed by atoms with Crippen LogP contribution in [-0.4, -0.2) is 24.8 Å². The molecule has 2 N–H and O–H groups in total. The lowest BCUT2D eigenvalue weighted by atomic mass is 10.0. The van der Waals surface area contributed by atoms with Gasteiger partial charge in [0, 0.05) is 6.61 Å². The first kappa shape index (κ1) is 7.76. The molecule has 1 saturated heterocycles. The summed E-state index contributed by atoms with van der Waals surface area (Å²) < 4.78 is 0. The fourth-order valence-electron chi connectivity index (χ4n) is 1.22. The fraction of sp³-hybridized carbons (Fsp3) is 0.750. The van der Waals surface area contributed by atoms with Crippen molar-refractivity contribution in [1.29, 1.82) is 0 Å². The zero-order valence-corrected chi connectivity index (χ0v) is 6.27. The van der Waals surface area contributed by atoms with E-state index in [1.165, 1.54) is 18.4 Å². The largest absolute Gasteiger partial charge is 0.396 e. The van der Waals surface area contributed by atoms with Gasteiger partial charge in [-0.05, 0) is 32.4 Å². The standard InChI is InChI=1S/C8H15NO/c10-7-1-2-8-3-5-9-6-4-8/h2,9-10H,1,3-7H2. The third kappa shape index (κ3) is 2.50. The maximum atomic E-state index is 8.54. The lowest BCUT2D eigenvalue weighted by Crippen LogP contribution is -2.23. The van der Waals surface area contributed by atoms with Crippen LogP contribution in [0.15, 0.2) is 11.6 Å². The third-order valence-electron chi connectivity index (χ3n) is 1.81. The van der Waals surface area contributed by atoms with Crippen LogP contribution in [0.4, 0.5) is 0 Å². The molecule has 0 radical (unpaired) electrons. The summed E-state index contributed by atoms with van der Waals surface area (Å²) in [6.07, 6.45) is 5.33. The van der Waals surface area contributed by atoms with Gasteiger partial charge in [-0.15, -0.1) is 0 Å². The van der Waals surface area contributed by atoms with Gasteiger partial charge in [0.15, 0.2) is 0 Å². The highest BCUT2D eigenvalue weighted by atomic mass is 16.2. The van der Waals surface area contributed by atoms with E-state index in [-0.39, 0.29) is 6.61 Å². The van der Waals surface area contributed by atoms with Crippen molar-refractivity contribution < 1.29 is 5.11 Å². The summed E-state index contributed by atoms with van der Waals surface area (Å²) in [6, 6.07) is 0. The number of piperidine rings is 1. The molecule has 0 aromatic rings. The molecule has 0 unspecified atom stereocenters. The highest BCUT2D eigenvalue weighted by molar-refractivity contribution is 5.05. The van der Waals surface area contributed by atoms with Gasteiger partial charge < -0.3 is 10.4 Å². The Morgan fingerprint density at radius 1 is 1.40 bits per heavy atom. The number of nitrogens with one attached hydrogen (secondary N) is 1. The number of aliphatic hydroxyl groups excluding tert-OH is 1. The van der Waals surface area contributed by atoms with Crippen LogP contribution < -0.4 is 5.32 Å². The molecule has 0 saturated carbocycles. The third-order valence-corrected chi connectivity index (χ3v) is 1.81. The zero-order chi connectivity index (χ0) is 7.23. The molecular formula is C8H15NO. The molecule has 1 rings (SSSR count). The minimum Gasteiger partial charge on any atom is -0.396 e. The van der Waals surface area contributed by atoms with E-state index in [0.29, 0.717) is 0 Å². The topological polar surface area (TPSA) is 32.3 Å². The lowest BCUT2D eigenvalue weighted by Gasteiger charge is -2.14. The Morgan fingerprint density at radius 2 is 2.10 bits per heavy atom. The zero-order valence-electron chi connectivity index (χ0n) is 6.27. The molecule has 2 heteroatoms. The van der Waals surface area contributed by atoms with Crippen molar-refractivity contribution in [3.8, 4) is 0 Å². The van der Waals surface area contributed by atoms with Gasteiger partial charge in [-0.25, -0.2) is 0 Å². The Bertz CT molecular complexity index is 112. The minimum atomic E-state index is 0.289. The SMILES string of the molecule is OCCC=C1CCNCC1. The van der Waals surface area contributed by atoms with E-state index >= 15 is 0 Å². The van der Waals surface area contributed by atoms with E-state index in [2.05, 4.69) is 11.4 Å². The van der Waals surface area contributed by atoms with Crippen LogP contribution in [-0.2, 0) is 0 Å². The molecule has 0 amide bonds. The van der Waals surface area contributed by atoms with Crippen LogP contribution in [0.5, 0.6) is 0 Å². The highest BCUT2D eigenvalue weighted by Crippen LogP contribution is 2.09. The quantitative estimate of drug-likeness (QED) is 0.554.